The number of nitrogens with zero attached hydrogens (tertiary/aromatic N) is 2. The Balaban J connectivity index is 0.00000280. The molecule has 36 heavy (non-hydrogen) atoms. The van der Waals surface area contributed by atoms with Crippen LogP contribution in [-0.2, 0) is 19.6 Å². The van der Waals surface area contributed by atoms with Crippen LogP contribution in [0.3, 0.4) is 0 Å². The first kappa shape index (κ1) is 23.4. The second kappa shape index (κ2) is 9.44. The lowest BCUT2D eigenvalue weighted by molar-refractivity contribution is 0.0697. The number of hydrogen-bond acceptors (Lipinski definition) is 2. The van der Waals surface area contributed by atoms with Crippen molar-refractivity contribution in [2.75, 3.05) is 0 Å². The van der Waals surface area contributed by atoms with Crippen LogP contribution < -0.4 is 5.32 Å². The summed E-state index contributed by atoms with van der Waals surface area (Å²) in [5, 5.41) is 16.0. The van der Waals surface area contributed by atoms with E-state index in [4.69, 9.17) is 0 Å². The van der Waals surface area contributed by atoms with Crippen molar-refractivity contribution in [1.82, 2.24) is 14.5 Å². The topological polar surface area (TPSA) is 59.2 Å². The minimum atomic E-state index is -0.855. The molecule has 6 rings (SSSR count). The fourth-order valence-electron chi connectivity index (χ4n) is 6.61. The summed E-state index contributed by atoms with van der Waals surface area (Å²) in [6.45, 7) is 7.22. The Morgan fingerprint density at radius 3 is 2.72 bits per heavy atom. The van der Waals surface area contributed by atoms with Gasteiger partial charge in [-0.25, -0.2) is 4.79 Å². The van der Waals surface area contributed by atoms with Gasteiger partial charge in [-0.2, -0.15) is 0 Å². The number of carboxylic acid groups (broad SMARTS) is 1. The normalized spacial score (nSPS) is 17.2. The number of benzene rings is 2. The molecule has 1 aliphatic carbocycles. The Hall–Kier alpha value is -3.05. The van der Waals surface area contributed by atoms with E-state index in [9.17, 15) is 9.90 Å². The fourth-order valence-corrected chi connectivity index (χ4v) is 6.61. The first-order chi connectivity index (χ1) is 17.6. The van der Waals surface area contributed by atoms with Crippen molar-refractivity contribution in [2.45, 2.75) is 90.4 Å². The zero-order chi connectivity index (χ0) is 24.8. The van der Waals surface area contributed by atoms with Crippen LogP contribution in [0.2, 0.25) is 0 Å². The van der Waals surface area contributed by atoms with E-state index in [1.54, 1.807) is 6.07 Å². The fraction of sp³-hybridized carbons (Fsp3) is 0.452. The Labute approximate surface area is 214 Å². The van der Waals surface area contributed by atoms with Crippen LogP contribution >= 0.6 is 0 Å². The molecule has 0 bridgehead atoms. The second-order valence-corrected chi connectivity index (χ2v) is 10.9. The molecule has 1 unspecified atom stereocenters. The summed E-state index contributed by atoms with van der Waals surface area (Å²) in [4.78, 5) is 11.9. The van der Waals surface area contributed by atoms with Crippen LogP contribution in [0, 0.1) is 0 Å². The van der Waals surface area contributed by atoms with E-state index in [-0.39, 0.29) is 1.43 Å². The minimum absolute atomic E-state index is 0. The molecule has 1 atom stereocenters. The van der Waals surface area contributed by atoms with Crippen LogP contribution in [0.15, 0.2) is 42.6 Å². The molecule has 190 valence electrons. The summed E-state index contributed by atoms with van der Waals surface area (Å²) in [6.07, 6.45) is 10.8. The Morgan fingerprint density at radius 2 is 1.94 bits per heavy atom. The van der Waals surface area contributed by atoms with Crippen LogP contribution in [0.4, 0.5) is 0 Å². The van der Waals surface area contributed by atoms with Gasteiger partial charge in [0.25, 0.3) is 0 Å². The number of hydrogen-bond donors (Lipinski definition) is 2. The highest BCUT2D eigenvalue weighted by Gasteiger charge is 2.29. The molecular formula is C31H39N3O2. The van der Waals surface area contributed by atoms with Crippen LogP contribution in [0.5, 0.6) is 0 Å². The zero-order valence-corrected chi connectivity index (χ0v) is 21.5. The van der Waals surface area contributed by atoms with Gasteiger partial charge in [-0.1, -0.05) is 50.5 Å². The molecule has 4 aromatic rings. The monoisotopic (exact) mass is 485 g/mol. The highest BCUT2D eigenvalue weighted by molar-refractivity contribution is 6.03. The van der Waals surface area contributed by atoms with Crippen LogP contribution in [-0.4, -0.2) is 26.3 Å². The predicted octanol–water partition coefficient (Wildman–Crippen LogP) is 7.55. The van der Waals surface area contributed by atoms with Crippen LogP contribution in [0.25, 0.3) is 33.1 Å². The number of aromatic carboxylic acids is 1. The zero-order valence-electron chi connectivity index (χ0n) is 21.5. The predicted molar refractivity (Wildman–Crippen MR) is 149 cm³/mol. The quantitative estimate of drug-likeness (QED) is 0.296. The number of carboxylic acids is 1. The third-order valence-electron chi connectivity index (χ3n) is 8.63. The van der Waals surface area contributed by atoms with E-state index in [0.717, 1.165) is 38.0 Å². The van der Waals surface area contributed by atoms with Crippen molar-refractivity contribution in [3.63, 3.8) is 0 Å². The van der Waals surface area contributed by atoms with Gasteiger partial charge in [0.1, 0.15) is 0 Å². The summed E-state index contributed by atoms with van der Waals surface area (Å²) in [7, 11) is 0. The van der Waals surface area contributed by atoms with Gasteiger partial charge in [-0.3, -0.25) is 0 Å². The number of aromatic nitrogens is 2. The summed E-state index contributed by atoms with van der Waals surface area (Å²) in [6, 6.07) is 13.1. The number of para-hydroxylation sites is 1. The third-order valence-corrected chi connectivity index (χ3v) is 8.63. The number of rotatable bonds is 6. The lowest BCUT2D eigenvalue weighted by Gasteiger charge is -2.25. The molecule has 1 fully saturated rings. The van der Waals surface area contributed by atoms with Gasteiger partial charge in [0.2, 0.25) is 0 Å². The van der Waals surface area contributed by atoms with Crippen LogP contribution in [0.1, 0.15) is 87.6 Å². The summed E-state index contributed by atoms with van der Waals surface area (Å²) < 4.78 is 4.93. The molecule has 2 N–H and O–H groups in total. The molecule has 3 heterocycles. The molecule has 5 nitrogen and oxygen atoms in total. The van der Waals surface area contributed by atoms with Crippen molar-refractivity contribution >= 4 is 27.8 Å². The SMILES string of the molecule is CCC(C)NCc1cn2c3c(cccc13)-c1c(C3CCCCC3)c3ccc(C(=O)O)cc3n1CCC2.[HH]. The van der Waals surface area contributed by atoms with E-state index >= 15 is 0 Å². The first-order valence-electron chi connectivity index (χ1n) is 13.8. The van der Waals surface area contributed by atoms with Gasteiger partial charge in [-0.15, -0.1) is 0 Å². The minimum Gasteiger partial charge on any atom is -0.478 e. The van der Waals surface area contributed by atoms with Gasteiger partial charge in [0.15, 0.2) is 0 Å². The molecule has 0 saturated heterocycles. The molecule has 2 aromatic heterocycles. The van der Waals surface area contributed by atoms with Gasteiger partial charge in [0.05, 0.1) is 16.8 Å². The molecule has 1 aliphatic heterocycles. The average Bonchev–Trinajstić information content (AvgIpc) is 3.41. The van der Waals surface area contributed by atoms with Crippen molar-refractivity contribution in [3.05, 3.63) is 59.3 Å². The third kappa shape index (κ3) is 3.85. The van der Waals surface area contributed by atoms with E-state index in [1.165, 1.54) is 70.8 Å². The molecule has 1 saturated carbocycles. The van der Waals surface area contributed by atoms with E-state index in [1.807, 2.05) is 6.07 Å². The van der Waals surface area contributed by atoms with Crippen molar-refractivity contribution in [2.24, 2.45) is 0 Å². The Morgan fingerprint density at radius 1 is 1.11 bits per heavy atom. The first-order valence-corrected chi connectivity index (χ1v) is 13.8. The number of aryl methyl sites for hydroxylation is 2. The number of nitrogens with one attached hydrogen (secondary N) is 1. The highest BCUT2D eigenvalue weighted by Crippen LogP contribution is 2.46. The van der Waals surface area contributed by atoms with Gasteiger partial charge in [0, 0.05) is 55.2 Å². The second-order valence-electron chi connectivity index (χ2n) is 10.9. The summed E-state index contributed by atoms with van der Waals surface area (Å²) in [5.74, 6) is -0.329. The molecule has 0 amide bonds. The average molecular weight is 486 g/mol. The number of fused-ring (bicyclic) bond motifs is 4. The molecule has 2 aromatic carbocycles. The summed E-state index contributed by atoms with van der Waals surface area (Å²) in [5.41, 5.74) is 8.23. The smallest absolute Gasteiger partial charge is 0.335 e. The lowest BCUT2D eigenvalue weighted by Crippen LogP contribution is -2.24. The molecule has 0 spiro atoms. The summed E-state index contributed by atoms with van der Waals surface area (Å²) >= 11 is 0. The van der Waals surface area contributed by atoms with Crippen molar-refractivity contribution in [1.29, 1.82) is 0 Å². The maximum Gasteiger partial charge on any atom is 0.335 e. The highest BCUT2D eigenvalue weighted by atomic mass is 16.4. The van der Waals surface area contributed by atoms with E-state index in [0.29, 0.717) is 17.5 Å². The molecule has 0 radical (unpaired) electrons. The molecular weight excluding hydrogens is 446 g/mol. The number of carbonyl (C=O) groups is 1. The van der Waals surface area contributed by atoms with Crippen molar-refractivity contribution < 1.29 is 11.3 Å². The maximum atomic E-state index is 11.9. The van der Waals surface area contributed by atoms with Crippen molar-refractivity contribution in [3.8, 4) is 11.3 Å². The van der Waals surface area contributed by atoms with Gasteiger partial charge >= 0.3 is 5.97 Å². The van der Waals surface area contributed by atoms with E-state index < -0.39 is 5.97 Å². The Kier molecular flexibility index (Phi) is 6.12. The van der Waals surface area contributed by atoms with Gasteiger partial charge < -0.3 is 19.6 Å². The lowest BCUT2D eigenvalue weighted by atomic mass is 9.81. The largest absolute Gasteiger partial charge is 0.478 e. The van der Waals surface area contributed by atoms with Gasteiger partial charge in [-0.05, 0) is 61.8 Å². The standard InChI is InChI=1S/C31H37N3O2.H2/c1-3-20(2)32-18-23-19-33-15-8-16-34-27-17-22(31(35)36)13-14-25(27)28(21-9-5-4-6-10-21)30(34)26-12-7-11-24(23)29(26)33;/h7,11-14,17,19-21,32H,3-6,8-10,15-16,18H2,1-2H3,(H,35,36);1H. The Bertz CT molecular complexity index is 1440. The molecule has 2 aliphatic rings. The maximum absolute atomic E-state index is 11.9. The molecule has 5 heteroatoms. The van der Waals surface area contributed by atoms with E-state index in [2.05, 4.69) is 58.8 Å².